The maximum absolute atomic E-state index is 11.6. The number of nitrogens with zero attached hydrogens (tertiary/aromatic N) is 3. The van der Waals surface area contributed by atoms with Crippen molar-refractivity contribution < 1.29 is 9.90 Å². The molecule has 0 saturated carbocycles. The molecule has 3 rings (SSSR count). The molecule has 2 saturated heterocycles. The van der Waals surface area contributed by atoms with E-state index in [9.17, 15) is 9.90 Å². The van der Waals surface area contributed by atoms with Gasteiger partial charge in [-0.25, -0.2) is 4.98 Å². The molecule has 0 aliphatic carbocycles. The van der Waals surface area contributed by atoms with Gasteiger partial charge in [-0.2, -0.15) is 5.26 Å². The highest BCUT2D eigenvalue weighted by molar-refractivity contribution is 5.78. The molecule has 2 aliphatic heterocycles. The number of nitrogens with one attached hydrogen (secondary N) is 1. The van der Waals surface area contributed by atoms with Crippen LogP contribution < -0.4 is 10.2 Å². The second-order valence-corrected chi connectivity index (χ2v) is 5.18. The van der Waals surface area contributed by atoms with Gasteiger partial charge in [0.2, 0.25) is 0 Å². The van der Waals surface area contributed by atoms with E-state index in [-0.39, 0.29) is 5.92 Å². The fourth-order valence-electron chi connectivity index (χ4n) is 3.06. The molecule has 0 aromatic carbocycles. The van der Waals surface area contributed by atoms with E-state index in [0.29, 0.717) is 31.0 Å². The maximum atomic E-state index is 11.6. The molecule has 2 fully saturated rings. The molecule has 0 radical (unpaired) electrons. The van der Waals surface area contributed by atoms with Crippen molar-refractivity contribution >= 4 is 11.8 Å². The quantitative estimate of drug-likeness (QED) is 0.780. The van der Waals surface area contributed by atoms with E-state index in [0.717, 1.165) is 6.54 Å². The van der Waals surface area contributed by atoms with Crippen LogP contribution in [0.5, 0.6) is 0 Å². The standard InChI is InChI=1S/C13H14N4O2/c14-4-9-1-2-16-11(3-9)17-6-10-5-15-7-13(10,8-17)12(18)19/h1-3,10,15H,5-8H2,(H,18,19)/t10-,13-/m0/s1. The van der Waals surface area contributed by atoms with Crippen LogP contribution in [0.15, 0.2) is 18.3 Å². The highest BCUT2D eigenvalue weighted by atomic mass is 16.4. The van der Waals surface area contributed by atoms with Crippen molar-refractivity contribution in [2.45, 2.75) is 0 Å². The Morgan fingerprint density at radius 3 is 3.21 bits per heavy atom. The van der Waals surface area contributed by atoms with Crippen molar-refractivity contribution in [2.24, 2.45) is 11.3 Å². The van der Waals surface area contributed by atoms with Crippen molar-refractivity contribution in [3.63, 3.8) is 0 Å². The first-order valence-corrected chi connectivity index (χ1v) is 6.21. The largest absolute Gasteiger partial charge is 0.481 e. The molecular weight excluding hydrogens is 244 g/mol. The summed E-state index contributed by atoms with van der Waals surface area (Å²) in [6.07, 6.45) is 1.59. The average Bonchev–Trinajstić information content (AvgIpc) is 2.96. The predicted molar refractivity (Wildman–Crippen MR) is 67.6 cm³/mol. The lowest BCUT2D eigenvalue weighted by atomic mass is 9.81. The lowest BCUT2D eigenvalue weighted by molar-refractivity contribution is -0.148. The molecular formula is C13H14N4O2. The number of carboxylic acids is 1. The molecule has 2 N–H and O–H groups in total. The van der Waals surface area contributed by atoms with E-state index in [1.165, 1.54) is 0 Å². The van der Waals surface area contributed by atoms with Crippen LogP contribution in [0.1, 0.15) is 5.56 Å². The Morgan fingerprint density at radius 2 is 2.53 bits per heavy atom. The van der Waals surface area contributed by atoms with Crippen LogP contribution in [0, 0.1) is 22.7 Å². The molecule has 0 unspecified atom stereocenters. The van der Waals surface area contributed by atoms with E-state index < -0.39 is 11.4 Å². The zero-order valence-electron chi connectivity index (χ0n) is 10.3. The minimum absolute atomic E-state index is 0.0949. The first-order chi connectivity index (χ1) is 9.15. The van der Waals surface area contributed by atoms with Crippen LogP contribution >= 0.6 is 0 Å². The lowest BCUT2D eigenvalue weighted by Crippen LogP contribution is -2.40. The van der Waals surface area contributed by atoms with Gasteiger partial charge in [0.15, 0.2) is 0 Å². The van der Waals surface area contributed by atoms with Crippen LogP contribution in [0.3, 0.4) is 0 Å². The fraction of sp³-hybridized carbons (Fsp3) is 0.462. The van der Waals surface area contributed by atoms with Crippen LogP contribution in [0.4, 0.5) is 5.82 Å². The van der Waals surface area contributed by atoms with Gasteiger partial charge in [-0.1, -0.05) is 0 Å². The molecule has 0 bridgehead atoms. The van der Waals surface area contributed by atoms with Crippen molar-refractivity contribution in [2.75, 3.05) is 31.1 Å². The number of anilines is 1. The molecule has 19 heavy (non-hydrogen) atoms. The first kappa shape index (κ1) is 11.9. The fourth-order valence-corrected chi connectivity index (χ4v) is 3.06. The molecule has 0 spiro atoms. The minimum Gasteiger partial charge on any atom is -0.481 e. The number of aliphatic carboxylic acids is 1. The number of hydrogen-bond donors (Lipinski definition) is 2. The first-order valence-electron chi connectivity index (χ1n) is 6.21. The zero-order valence-corrected chi connectivity index (χ0v) is 10.3. The minimum atomic E-state index is -0.749. The Kier molecular flexibility index (Phi) is 2.64. The third-order valence-electron chi connectivity index (χ3n) is 4.15. The van der Waals surface area contributed by atoms with E-state index in [4.69, 9.17) is 5.26 Å². The van der Waals surface area contributed by atoms with Gasteiger partial charge in [0.1, 0.15) is 11.2 Å². The third-order valence-corrected chi connectivity index (χ3v) is 4.15. The van der Waals surface area contributed by atoms with Crippen LogP contribution in [-0.4, -0.2) is 42.2 Å². The highest BCUT2D eigenvalue weighted by Crippen LogP contribution is 2.40. The molecule has 0 amide bonds. The SMILES string of the molecule is N#Cc1ccnc(N2C[C@@H]3CNC[C@]3(C(=O)O)C2)c1. The topological polar surface area (TPSA) is 89.3 Å². The molecule has 6 nitrogen and oxygen atoms in total. The number of nitriles is 1. The Morgan fingerprint density at radius 1 is 1.68 bits per heavy atom. The highest BCUT2D eigenvalue weighted by Gasteiger charge is 2.55. The predicted octanol–water partition coefficient (Wildman–Crippen LogP) is 0.0637. The number of pyridine rings is 1. The summed E-state index contributed by atoms with van der Waals surface area (Å²) >= 11 is 0. The van der Waals surface area contributed by atoms with Gasteiger partial charge in [0.25, 0.3) is 0 Å². The van der Waals surface area contributed by atoms with Gasteiger partial charge in [-0.05, 0) is 12.1 Å². The summed E-state index contributed by atoms with van der Waals surface area (Å²) in [7, 11) is 0. The molecule has 2 atom stereocenters. The summed E-state index contributed by atoms with van der Waals surface area (Å²) in [5.74, 6) is 0.0352. The van der Waals surface area contributed by atoms with Crippen molar-refractivity contribution in [1.29, 1.82) is 5.26 Å². The molecule has 1 aromatic heterocycles. The molecule has 3 heterocycles. The monoisotopic (exact) mass is 258 g/mol. The number of carbonyl (C=O) groups is 1. The smallest absolute Gasteiger partial charge is 0.313 e. The average molecular weight is 258 g/mol. The Bertz CT molecular complexity index is 568. The molecule has 98 valence electrons. The summed E-state index contributed by atoms with van der Waals surface area (Å²) in [5, 5.41) is 21.6. The van der Waals surface area contributed by atoms with Gasteiger partial charge in [0.05, 0.1) is 11.6 Å². The zero-order chi connectivity index (χ0) is 13.5. The number of aromatic nitrogens is 1. The Balaban J connectivity index is 1.90. The maximum Gasteiger partial charge on any atom is 0.313 e. The van der Waals surface area contributed by atoms with E-state index in [1.807, 2.05) is 4.90 Å². The van der Waals surface area contributed by atoms with Crippen LogP contribution in [0.2, 0.25) is 0 Å². The summed E-state index contributed by atoms with van der Waals surface area (Å²) < 4.78 is 0. The molecule has 1 aromatic rings. The van der Waals surface area contributed by atoms with E-state index in [2.05, 4.69) is 16.4 Å². The van der Waals surface area contributed by atoms with Crippen molar-refractivity contribution in [3.8, 4) is 6.07 Å². The normalized spacial score (nSPS) is 29.0. The number of carboxylic acid groups (broad SMARTS) is 1. The summed E-state index contributed by atoms with van der Waals surface area (Å²) in [6, 6.07) is 5.44. The van der Waals surface area contributed by atoms with Crippen LogP contribution in [0.25, 0.3) is 0 Å². The van der Waals surface area contributed by atoms with Gasteiger partial charge >= 0.3 is 5.97 Å². The lowest BCUT2D eigenvalue weighted by Gasteiger charge is -2.23. The number of fused-ring (bicyclic) bond motifs is 1. The van der Waals surface area contributed by atoms with Crippen molar-refractivity contribution in [3.05, 3.63) is 23.9 Å². The van der Waals surface area contributed by atoms with Gasteiger partial charge in [0, 0.05) is 38.3 Å². The second-order valence-electron chi connectivity index (χ2n) is 5.18. The van der Waals surface area contributed by atoms with Crippen molar-refractivity contribution in [1.82, 2.24) is 10.3 Å². The van der Waals surface area contributed by atoms with E-state index in [1.54, 1.807) is 18.3 Å². The Hall–Kier alpha value is -2.13. The number of rotatable bonds is 2. The van der Waals surface area contributed by atoms with Gasteiger partial charge < -0.3 is 15.3 Å². The summed E-state index contributed by atoms with van der Waals surface area (Å²) in [6.45, 7) is 2.34. The van der Waals surface area contributed by atoms with Gasteiger partial charge in [-0.3, -0.25) is 4.79 Å². The molecule has 6 heteroatoms. The molecule has 2 aliphatic rings. The number of hydrogen-bond acceptors (Lipinski definition) is 5. The summed E-state index contributed by atoms with van der Waals surface area (Å²) in [5.41, 5.74) is -0.172. The van der Waals surface area contributed by atoms with Crippen LogP contribution in [-0.2, 0) is 4.79 Å². The summed E-state index contributed by atoms with van der Waals surface area (Å²) in [4.78, 5) is 17.8. The van der Waals surface area contributed by atoms with E-state index >= 15 is 0 Å². The van der Waals surface area contributed by atoms with Gasteiger partial charge in [-0.15, -0.1) is 0 Å². The second kappa shape index (κ2) is 4.21. The Labute approximate surface area is 110 Å². The third kappa shape index (κ3) is 1.74.